The Kier molecular flexibility index (Phi) is 3.30. The van der Waals surface area contributed by atoms with Crippen molar-refractivity contribution in [3.63, 3.8) is 0 Å². The number of aromatic nitrogens is 1. The molecule has 17 heavy (non-hydrogen) atoms. The van der Waals surface area contributed by atoms with E-state index < -0.39 is 0 Å². The first kappa shape index (κ1) is 11.5. The molecule has 1 aromatic heterocycles. The Labute approximate surface area is 103 Å². The lowest BCUT2D eigenvalue weighted by molar-refractivity contribution is 0.628. The lowest BCUT2D eigenvalue weighted by atomic mass is 10.2. The van der Waals surface area contributed by atoms with Gasteiger partial charge in [0.15, 0.2) is 0 Å². The zero-order valence-corrected chi connectivity index (χ0v) is 9.67. The highest BCUT2D eigenvalue weighted by Gasteiger charge is 2.00. The Balaban J connectivity index is 2.21. The van der Waals surface area contributed by atoms with Gasteiger partial charge >= 0.3 is 0 Å². The van der Waals surface area contributed by atoms with E-state index in [4.69, 9.17) is 18.0 Å². The van der Waals surface area contributed by atoms with Crippen molar-refractivity contribution in [1.82, 2.24) is 4.98 Å². The van der Waals surface area contributed by atoms with Crippen molar-refractivity contribution < 1.29 is 4.39 Å². The quantitative estimate of drug-likeness (QED) is 0.819. The molecule has 0 saturated carbocycles. The van der Waals surface area contributed by atoms with Crippen molar-refractivity contribution in [3.05, 3.63) is 54.1 Å². The highest BCUT2D eigenvalue weighted by molar-refractivity contribution is 7.80. The Hall–Kier alpha value is -2.01. The molecule has 0 amide bonds. The van der Waals surface area contributed by atoms with Gasteiger partial charge in [0.1, 0.15) is 10.8 Å². The molecule has 0 spiro atoms. The van der Waals surface area contributed by atoms with Crippen LogP contribution in [0, 0.1) is 5.82 Å². The molecule has 0 aliphatic carbocycles. The van der Waals surface area contributed by atoms with Gasteiger partial charge < -0.3 is 11.1 Å². The first-order valence-corrected chi connectivity index (χ1v) is 5.34. The van der Waals surface area contributed by atoms with E-state index in [0.717, 1.165) is 11.4 Å². The van der Waals surface area contributed by atoms with E-state index in [0.29, 0.717) is 5.69 Å². The first-order chi connectivity index (χ1) is 8.15. The molecule has 2 aromatic rings. The molecule has 0 aliphatic rings. The summed E-state index contributed by atoms with van der Waals surface area (Å²) in [5, 5.41) is 3.10. The average molecular weight is 247 g/mol. The minimum Gasteiger partial charge on any atom is -0.388 e. The van der Waals surface area contributed by atoms with Crippen LogP contribution >= 0.6 is 12.2 Å². The van der Waals surface area contributed by atoms with Crippen LogP contribution in [-0.4, -0.2) is 9.97 Å². The Morgan fingerprint density at radius 3 is 2.53 bits per heavy atom. The maximum atomic E-state index is 12.7. The summed E-state index contributed by atoms with van der Waals surface area (Å²) in [6, 6.07) is 9.60. The van der Waals surface area contributed by atoms with Crippen molar-refractivity contribution >= 4 is 28.6 Å². The highest BCUT2D eigenvalue weighted by atomic mass is 32.1. The predicted molar refractivity (Wildman–Crippen MR) is 69.8 cm³/mol. The monoisotopic (exact) mass is 247 g/mol. The second kappa shape index (κ2) is 4.88. The molecular formula is C12H10FN3S. The van der Waals surface area contributed by atoms with Crippen molar-refractivity contribution in [3.8, 4) is 0 Å². The van der Waals surface area contributed by atoms with Crippen LogP contribution < -0.4 is 11.1 Å². The van der Waals surface area contributed by atoms with Gasteiger partial charge in [-0.05, 0) is 36.4 Å². The third-order valence-corrected chi connectivity index (χ3v) is 2.35. The van der Waals surface area contributed by atoms with Gasteiger partial charge in [0.05, 0.1) is 5.69 Å². The molecule has 3 nitrogen and oxygen atoms in total. The molecule has 1 heterocycles. The smallest absolute Gasteiger partial charge is 0.123 e. The maximum absolute atomic E-state index is 12.7. The van der Waals surface area contributed by atoms with Gasteiger partial charge in [-0.1, -0.05) is 12.2 Å². The fourth-order valence-electron chi connectivity index (χ4n) is 1.34. The summed E-state index contributed by atoms with van der Waals surface area (Å²) in [6.07, 6.45) is 1.61. The lowest BCUT2D eigenvalue weighted by Crippen LogP contribution is -2.11. The molecule has 0 bridgehead atoms. The molecule has 86 valence electrons. The van der Waals surface area contributed by atoms with Crippen LogP contribution in [0.1, 0.15) is 5.69 Å². The number of pyridine rings is 1. The number of nitrogens with two attached hydrogens (primary N) is 1. The minimum absolute atomic E-state index is 0.243. The van der Waals surface area contributed by atoms with Crippen LogP contribution in [0.25, 0.3) is 0 Å². The third-order valence-electron chi connectivity index (χ3n) is 2.15. The van der Waals surface area contributed by atoms with Gasteiger partial charge in [-0.15, -0.1) is 0 Å². The number of anilines is 2. The number of rotatable bonds is 3. The van der Waals surface area contributed by atoms with Crippen molar-refractivity contribution in [2.45, 2.75) is 0 Å². The predicted octanol–water partition coefficient (Wildman–Crippen LogP) is 2.60. The number of hydrogen-bond acceptors (Lipinski definition) is 3. The number of nitrogens with one attached hydrogen (secondary N) is 1. The van der Waals surface area contributed by atoms with Gasteiger partial charge in [-0.25, -0.2) is 4.39 Å². The van der Waals surface area contributed by atoms with Crippen molar-refractivity contribution in [2.75, 3.05) is 5.32 Å². The normalized spacial score (nSPS) is 9.94. The summed E-state index contributed by atoms with van der Waals surface area (Å²) >= 11 is 4.84. The van der Waals surface area contributed by atoms with Crippen LogP contribution in [0.5, 0.6) is 0 Å². The van der Waals surface area contributed by atoms with E-state index in [1.165, 1.54) is 12.1 Å². The molecular weight excluding hydrogens is 237 g/mol. The molecule has 3 N–H and O–H groups in total. The molecule has 0 unspecified atom stereocenters. The van der Waals surface area contributed by atoms with E-state index >= 15 is 0 Å². The zero-order valence-electron chi connectivity index (χ0n) is 8.85. The topological polar surface area (TPSA) is 50.9 Å². The minimum atomic E-state index is -0.269. The van der Waals surface area contributed by atoms with E-state index in [-0.39, 0.29) is 10.8 Å². The standard InChI is InChI=1S/C12H10FN3S/c13-8-1-3-9(4-2-8)16-10-5-6-15-11(7-10)12(14)17/h1-7H,(H2,14,17)(H,15,16). The van der Waals surface area contributed by atoms with Gasteiger partial charge in [0.25, 0.3) is 0 Å². The summed E-state index contributed by atoms with van der Waals surface area (Å²) in [4.78, 5) is 4.27. The number of halogens is 1. The van der Waals surface area contributed by atoms with Crippen LogP contribution in [0.3, 0.4) is 0 Å². The molecule has 0 atom stereocenters. The average Bonchev–Trinajstić information content (AvgIpc) is 2.32. The third kappa shape index (κ3) is 2.98. The number of hydrogen-bond donors (Lipinski definition) is 2. The molecule has 0 fully saturated rings. The maximum Gasteiger partial charge on any atom is 0.123 e. The Morgan fingerprint density at radius 2 is 1.88 bits per heavy atom. The molecule has 0 radical (unpaired) electrons. The number of thiocarbonyl (C=S) groups is 1. The molecule has 1 aromatic carbocycles. The summed E-state index contributed by atoms with van der Waals surface area (Å²) in [5.74, 6) is -0.269. The van der Waals surface area contributed by atoms with Crippen molar-refractivity contribution in [2.24, 2.45) is 5.73 Å². The summed E-state index contributed by atoms with van der Waals surface area (Å²) in [5.41, 5.74) is 7.62. The SMILES string of the molecule is NC(=S)c1cc(Nc2ccc(F)cc2)ccn1. The second-order valence-corrected chi connectivity index (χ2v) is 3.87. The van der Waals surface area contributed by atoms with E-state index in [2.05, 4.69) is 10.3 Å². The molecule has 0 saturated heterocycles. The van der Waals surface area contributed by atoms with Gasteiger partial charge in [0.2, 0.25) is 0 Å². The van der Waals surface area contributed by atoms with E-state index in [1.807, 2.05) is 0 Å². The summed E-state index contributed by atoms with van der Waals surface area (Å²) < 4.78 is 12.7. The molecule has 5 heteroatoms. The summed E-state index contributed by atoms with van der Waals surface area (Å²) in [6.45, 7) is 0. The van der Waals surface area contributed by atoms with Gasteiger partial charge in [-0.3, -0.25) is 4.98 Å². The number of nitrogens with zero attached hydrogens (tertiary/aromatic N) is 1. The molecule has 0 aliphatic heterocycles. The Bertz CT molecular complexity index is 540. The van der Waals surface area contributed by atoms with E-state index in [1.54, 1.807) is 30.5 Å². The fourth-order valence-corrected chi connectivity index (χ4v) is 1.45. The zero-order chi connectivity index (χ0) is 12.3. The highest BCUT2D eigenvalue weighted by Crippen LogP contribution is 2.16. The first-order valence-electron chi connectivity index (χ1n) is 4.93. The fraction of sp³-hybridized carbons (Fsp3) is 0. The second-order valence-electron chi connectivity index (χ2n) is 3.43. The van der Waals surface area contributed by atoms with Crippen LogP contribution in [-0.2, 0) is 0 Å². The van der Waals surface area contributed by atoms with Gasteiger partial charge in [-0.2, -0.15) is 0 Å². The van der Waals surface area contributed by atoms with Crippen LogP contribution in [0.4, 0.5) is 15.8 Å². The number of benzene rings is 1. The van der Waals surface area contributed by atoms with Crippen LogP contribution in [0.2, 0.25) is 0 Å². The van der Waals surface area contributed by atoms with Crippen molar-refractivity contribution in [1.29, 1.82) is 0 Å². The Morgan fingerprint density at radius 1 is 1.18 bits per heavy atom. The van der Waals surface area contributed by atoms with Gasteiger partial charge in [0, 0.05) is 17.6 Å². The largest absolute Gasteiger partial charge is 0.388 e. The summed E-state index contributed by atoms with van der Waals surface area (Å²) in [7, 11) is 0. The molecule has 2 rings (SSSR count). The lowest BCUT2D eigenvalue weighted by Gasteiger charge is -2.07. The van der Waals surface area contributed by atoms with Crippen LogP contribution in [0.15, 0.2) is 42.6 Å². The van der Waals surface area contributed by atoms with E-state index in [9.17, 15) is 4.39 Å².